The number of unbranched alkanes of at least 4 members (excludes halogenated alkanes) is 18. The lowest BCUT2D eigenvalue weighted by molar-refractivity contribution is 0.476. The van der Waals surface area contributed by atoms with E-state index in [1.807, 2.05) is 0 Å². The van der Waals surface area contributed by atoms with Gasteiger partial charge in [-0.25, -0.2) is 0 Å². The van der Waals surface area contributed by atoms with Crippen molar-refractivity contribution in [3.8, 4) is 0 Å². The summed E-state index contributed by atoms with van der Waals surface area (Å²) in [7, 11) is -7.46. The first kappa shape index (κ1) is 34.0. The van der Waals surface area contributed by atoms with Crippen molar-refractivity contribution in [2.24, 2.45) is 0 Å². The smallest absolute Gasteiger partial charge is 0.264 e. The third-order valence-electron chi connectivity index (χ3n) is 5.51. The van der Waals surface area contributed by atoms with Crippen LogP contribution in [0.25, 0.3) is 0 Å². The van der Waals surface area contributed by atoms with Gasteiger partial charge in [0, 0.05) is 0 Å². The highest BCUT2D eigenvalue weighted by molar-refractivity contribution is 7.86. The number of rotatable bonds is 22. The van der Waals surface area contributed by atoms with Crippen LogP contribution in [-0.4, -0.2) is 37.4 Å². The molecule has 0 unspecified atom stereocenters. The molecule has 32 heavy (non-hydrogen) atoms. The second-order valence-corrected chi connectivity index (χ2v) is 12.1. The van der Waals surface area contributed by atoms with Crippen LogP contribution >= 0.6 is 0 Å². The van der Waals surface area contributed by atoms with Crippen LogP contribution in [0.4, 0.5) is 0 Å². The molecule has 0 fully saturated rings. The van der Waals surface area contributed by atoms with Crippen LogP contribution in [0.5, 0.6) is 0 Å². The van der Waals surface area contributed by atoms with Gasteiger partial charge in [0.15, 0.2) is 0 Å². The van der Waals surface area contributed by atoms with E-state index in [0.717, 1.165) is 25.7 Å². The summed E-state index contributed by atoms with van der Waals surface area (Å²) in [4.78, 5) is 0. The lowest BCUT2D eigenvalue weighted by atomic mass is 10.1. The standard InChI is InChI=1S/2C12H26O3S/c2*1-2-3-4-5-6-7-8-9-10-11-12-16(13,14)15/h2*2-12H2,1H3,(H,13,14,15). The molecule has 6 nitrogen and oxygen atoms in total. The molecular weight excluding hydrogens is 448 g/mol. The van der Waals surface area contributed by atoms with Crippen molar-refractivity contribution in [2.75, 3.05) is 11.5 Å². The van der Waals surface area contributed by atoms with E-state index in [-0.39, 0.29) is 11.5 Å². The van der Waals surface area contributed by atoms with Gasteiger partial charge in [0.25, 0.3) is 20.2 Å². The first-order chi connectivity index (χ1) is 15.1. The molecule has 0 bridgehead atoms. The number of hydrogen-bond acceptors (Lipinski definition) is 4. The molecule has 0 aliphatic carbocycles. The van der Waals surface area contributed by atoms with Crippen LogP contribution in [-0.2, 0) is 20.2 Å². The van der Waals surface area contributed by atoms with Gasteiger partial charge in [0.2, 0.25) is 0 Å². The molecule has 0 aliphatic rings. The summed E-state index contributed by atoms with van der Waals surface area (Å²) in [6, 6.07) is 0. The first-order valence-corrected chi connectivity index (χ1v) is 16.2. The minimum absolute atomic E-state index is 0.0799. The normalized spacial score (nSPS) is 11.9. The van der Waals surface area contributed by atoms with Crippen molar-refractivity contribution in [3.05, 3.63) is 0 Å². The van der Waals surface area contributed by atoms with Crippen molar-refractivity contribution in [1.82, 2.24) is 0 Å². The van der Waals surface area contributed by atoms with Gasteiger partial charge in [-0.05, 0) is 12.8 Å². The van der Waals surface area contributed by atoms with E-state index < -0.39 is 20.2 Å². The summed E-state index contributed by atoms with van der Waals surface area (Å²) in [5.41, 5.74) is 0. The van der Waals surface area contributed by atoms with Crippen molar-refractivity contribution in [1.29, 1.82) is 0 Å². The minimum Gasteiger partial charge on any atom is -0.286 e. The molecule has 0 heterocycles. The highest BCUT2D eigenvalue weighted by Gasteiger charge is 2.03. The van der Waals surface area contributed by atoms with Gasteiger partial charge < -0.3 is 0 Å². The molecule has 0 rings (SSSR count). The maximum atomic E-state index is 10.4. The molecule has 0 aromatic carbocycles. The van der Waals surface area contributed by atoms with Gasteiger partial charge in [-0.1, -0.05) is 129 Å². The molecule has 0 atom stereocenters. The highest BCUT2D eigenvalue weighted by Crippen LogP contribution is 2.11. The van der Waals surface area contributed by atoms with E-state index in [4.69, 9.17) is 9.11 Å². The lowest BCUT2D eigenvalue weighted by Crippen LogP contribution is -2.03. The first-order valence-electron chi connectivity index (χ1n) is 13.0. The molecular formula is C24H52O6S2. The zero-order valence-electron chi connectivity index (χ0n) is 20.9. The minimum atomic E-state index is -3.73. The number of hydrogen-bond donors (Lipinski definition) is 2. The van der Waals surface area contributed by atoms with Gasteiger partial charge in [-0.3, -0.25) is 9.11 Å². The van der Waals surface area contributed by atoms with E-state index in [9.17, 15) is 16.8 Å². The van der Waals surface area contributed by atoms with Gasteiger partial charge >= 0.3 is 0 Å². The monoisotopic (exact) mass is 500 g/mol. The Morgan fingerprint density at radius 1 is 0.375 bits per heavy atom. The van der Waals surface area contributed by atoms with Crippen LogP contribution in [0.2, 0.25) is 0 Å². The summed E-state index contributed by atoms with van der Waals surface area (Å²) in [6.45, 7) is 4.43. The summed E-state index contributed by atoms with van der Waals surface area (Å²) < 4.78 is 58.7. The van der Waals surface area contributed by atoms with Crippen LogP contribution < -0.4 is 0 Å². The Kier molecular flexibility index (Phi) is 25.5. The summed E-state index contributed by atoms with van der Waals surface area (Å²) in [5.74, 6) is -0.160. The molecule has 0 radical (unpaired) electrons. The summed E-state index contributed by atoms with van der Waals surface area (Å²) >= 11 is 0. The van der Waals surface area contributed by atoms with E-state index in [1.165, 1.54) is 89.9 Å². The van der Waals surface area contributed by atoms with Crippen molar-refractivity contribution < 1.29 is 25.9 Å². The topological polar surface area (TPSA) is 109 Å². The molecule has 0 spiro atoms. The third kappa shape index (κ3) is 37.2. The molecule has 0 amide bonds. The Hall–Kier alpha value is -0.180. The van der Waals surface area contributed by atoms with E-state index in [0.29, 0.717) is 12.8 Å². The van der Waals surface area contributed by atoms with Crippen LogP contribution in [0.1, 0.15) is 142 Å². The fourth-order valence-electron chi connectivity index (χ4n) is 3.54. The van der Waals surface area contributed by atoms with Gasteiger partial charge in [-0.2, -0.15) is 16.8 Å². The maximum Gasteiger partial charge on any atom is 0.264 e. The van der Waals surface area contributed by atoms with Gasteiger partial charge in [0.1, 0.15) is 0 Å². The zero-order chi connectivity index (χ0) is 24.6. The molecule has 0 saturated carbocycles. The summed E-state index contributed by atoms with van der Waals surface area (Å²) in [6.07, 6.45) is 23.3. The lowest BCUT2D eigenvalue weighted by Gasteiger charge is -2.01. The van der Waals surface area contributed by atoms with E-state index >= 15 is 0 Å². The molecule has 8 heteroatoms. The third-order valence-corrected chi connectivity index (χ3v) is 7.12. The fourth-order valence-corrected chi connectivity index (χ4v) is 4.68. The molecule has 2 N–H and O–H groups in total. The average Bonchev–Trinajstić information content (AvgIpc) is 2.70. The highest BCUT2D eigenvalue weighted by atomic mass is 32.2. The van der Waals surface area contributed by atoms with Crippen LogP contribution in [0.15, 0.2) is 0 Å². The molecule has 196 valence electrons. The van der Waals surface area contributed by atoms with Crippen LogP contribution in [0, 0.1) is 0 Å². The predicted octanol–water partition coefficient (Wildman–Crippen LogP) is 7.59. The van der Waals surface area contributed by atoms with Gasteiger partial charge in [0.05, 0.1) is 11.5 Å². The predicted molar refractivity (Wildman–Crippen MR) is 137 cm³/mol. The van der Waals surface area contributed by atoms with E-state index in [2.05, 4.69) is 13.8 Å². The van der Waals surface area contributed by atoms with Gasteiger partial charge in [-0.15, -0.1) is 0 Å². The molecule has 0 saturated heterocycles. The average molecular weight is 501 g/mol. The van der Waals surface area contributed by atoms with Crippen molar-refractivity contribution >= 4 is 20.2 Å². The molecule has 0 aliphatic heterocycles. The maximum absolute atomic E-state index is 10.4. The molecule has 0 aromatic rings. The summed E-state index contributed by atoms with van der Waals surface area (Å²) in [5, 5.41) is 0. The zero-order valence-corrected chi connectivity index (χ0v) is 22.5. The fraction of sp³-hybridized carbons (Fsp3) is 1.00. The Morgan fingerprint density at radius 3 is 0.750 bits per heavy atom. The van der Waals surface area contributed by atoms with E-state index in [1.54, 1.807) is 0 Å². The second-order valence-electron chi connectivity index (χ2n) is 8.94. The van der Waals surface area contributed by atoms with Crippen molar-refractivity contribution in [3.63, 3.8) is 0 Å². The van der Waals surface area contributed by atoms with Crippen LogP contribution in [0.3, 0.4) is 0 Å². The Bertz CT molecular complexity index is 521. The quantitative estimate of drug-likeness (QED) is 0.117. The second kappa shape index (κ2) is 24.0. The Morgan fingerprint density at radius 2 is 0.562 bits per heavy atom. The Balaban J connectivity index is 0. The Labute approximate surface area is 199 Å². The van der Waals surface area contributed by atoms with Crippen molar-refractivity contribution in [2.45, 2.75) is 142 Å². The SMILES string of the molecule is CCCCCCCCCCCCS(=O)(=O)O.CCCCCCCCCCCCS(=O)(=O)O. The largest absolute Gasteiger partial charge is 0.286 e. The molecule has 0 aromatic heterocycles.